The van der Waals surface area contributed by atoms with Crippen LogP contribution in [0.4, 0.5) is 4.39 Å². The fourth-order valence-corrected chi connectivity index (χ4v) is 3.38. The molecule has 3 aromatic rings. The summed E-state index contributed by atoms with van der Waals surface area (Å²) in [4.78, 5) is 18.3. The van der Waals surface area contributed by atoms with Gasteiger partial charge in [0.05, 0.1) is 27.5 Å². The zero-order valence-corrected chi connectivity index (χ0v) is 15.6. The first kappa shape index (κ1) is 19.0. The SMILES string of the molecule is Cn1cnc(-c2cc(Cl)c(F)c(C(=O)NNS(=O)(=O)c3ccccc3)c2)c1. The minimum atomic E-state index is -4.00. The lowest BCUT2D eigenvalue weighted by molar-refractivity contribution is 0.0941. The quantitative estimate of drug-likeness (QED) is 0.634. The first-order valence-electron chi connectivity index (χ1n) is 7.62. The standard InChI is InChI=1S/C17H14ClFN4O3S/c1-23-9-15(20-10-23)11-7-13(16(19)14(18)8-11)17(24)21-22-27(25,26)12-5-3-2-4-6-12/h2-10,22H,1H3,(H,21,24). The van der Waals surface area contributed by atoms with Crippen LogP contribution >= 0.6 is 11.6 Å². The number of nitrogens with one attached hydrogen (secondary N) is 2. The maximum absolute atomic E-state index is 14.3. The third-order valence-corrected chi connectivity index (χ3v) is 5.16. The van der Waals surface area contributed by atoms with Crippen LogP contribution in [-0.2, 0) is 17.1 Å². The number of imidazole rings is 1. The van der Waals surface area contributed by atoms with Gasteiger partial charge in [-0.05, 0) is 24.3 Å². The second-order valence-corrected chi connectivity index (χ2v) is 7.71. The molecule has 0 saturated carbocycles. The van der Waals surface area contributed by atoms with Crippen LogP contribution in [0.15, 0.2) is 59.9 Å². The Balaban J connectivity index is 1.85. The third kappa shape index (κ3) is 4.16. The van der Waals surface area contributed by atoms with E-state index >= 15 is 0 Å². The van der Waals surface area contributed by atoms with Crippen molar-refractivity contribution in [2.45, 2.75) is 4.90 Å². The zero-order valence-electron chi connectivity index (χ0n) is 14.0. The van der Waals surface area contributed by atoms with Gasteiger partial charge < -0.3 is 4.57 Å². The molecular formula is C17H14ClFN4O3S. The van der Waals surface area contributed by atoms with E-state index in [1.807, 2.05) is 10.3 Å². The van der Waals surface area contributed by atoms with Crippen molar-refractivity contribution in [1.82, 2.24) is 19.8 Å². The van der Waals surface area contributed by atoms with Crippen molar-refractivity contribution >= 4 is 27.5 Å². The number of nitrogens with zero attached hydrogens (tertiary/aromatic N) is 2. The highest BCUT2D eigenvalue weighted by molar-refractivity contribution is 7.89. The smallest absolute Gasteiger partial charge is 0.269 e. The first-order valence-corrected chi connectivity index (χ1v) is 9.48. The van der Waals surface area contributed by atoms with Crippen molar-refractivity contribution in [2.24, 2.45) is 7.05 Å². The Bertz CT molecular complexity index is 1100. The number of hydrogen-bond donors (Lipinski definition) is 2. The van der Waals surface area contributed by atoms with Crippen LogP contribution in [0.1, 0.15) is 10.4 Å². The number of benzene rings is 2. The number of aromatic nitrogens is 2. The van der Waals surface area contributed by atoms with Crippen LogP contribution < -0.4 is 10.3 Å². The lowest BCUT2D eigenvalue weighted by Crippen LogP contribution is -2.41. The number of aryl methyl sites for hydroxylation is 1. The van der Waals surface area contributed by atoms with Gasteiger partial charge in [-0.1, -0.05) is 29.8 Å². The van der Waals surface area contributed by atoms with Gasteiger partial charge in [0.25, 0.3) is 15.9 Å². The van der Waals surface area contributed by atoms with Gasteiger partial charge >= 0.3 is 0 Å². The molecule has 3 rings (SSSR count). The van der Waals surface area contributed by atoms with Crippen LogP contribution in [0, 0.1) is 5.82 Å². The molecule has 2 aromatic carbocycles. The van der Waals surface area contributed by atoms with Crippen LogP contribution in [0.2, 0.25) is 5.02 Å². The van der Waals surface area contributed by atoms with Crippen molar-refractivity contribution in [2.75, 3.05) is 0 Å². The monoisotopic (exact) mass is 408 g/mol. The number of hydrogen-bond acceptors (Lipinski definition) is 4. The van der Waals surface area contributed by atoms with Crippen molar-refractivity contribution in [1.29, 1.82) is 0 Å². The molecule has 0 aliphatic carbocycles. The molecule has 27 heavy (non-hydrogen) atoms. The van der Waals surface area contributed by atoms with Gasteiger partial charge in [0.2, 0.25) is 0 Å². The molecule has 7 nitrogen and oxygen atoms in total. The Labute approximate surface area is 159 Å². The van der Waals surface area contributed by atoms with Gasteiger partial charge in [0.15, 0.2) is 5.82 Å². The third-order valence-electron chi connectivity index (χ3n) is 3.63. The summed E-state index contributed by atoms with van der Waals surface area (Å²) < 4.78 is 40.3. The normalized spacial score (nSPS) is 11.4. The van der Waals surface area contributed by atoms with Crippen LogP contribution in [0.3, 0.4) is 0 Å². The average Bonchev–Trinajstić information content (AvgIpc) is 3.09. The molecule has 1 aromatic heterocycles. The lowest BCUT2D eigenvalue weighted by atomic mass is 10.1. The van der Waals surface area contributed by atoms with E-state index in [0.717, 1.165) is 0 Å². The van der Waals surface area contributed by atoms with Crippen molar-refractivity contribution in [3.05, 3.63) is 71.4 Å². The maximum atomic E-state index is 14.3. The predicted molar refractivity (Wildman–Crippen MR) is 97.8 cm³/mol. The molecule has 10 heteroatoms. The van der Waals surface area contributed by atoms with Crippen molar-refractivity contribution < 1.29 is 17.6 Å². The van der Waals surface area contributed by atoms with Crippen molar-refractivity contribution in [3.63, 3.8) is 0 Å². The van der Waals surface area contributed by atoms with E-state index in [1.54, 1.807) is 30.2 Å². The molecular weight excluding hydrogens is 395 g/mol. The summed E-state index contributed by atoms with van der Waals surface area (Å²) in [6, 6.07) is 10.0. The highest BCUT2D eigenvalue weighted by Crippen LogP contribution is 2.27. The van der Waals surface area contributed by atoms with Gasteiger partial charge in [0.1, 0.15) is 0 Å². The topological polar surface area (TPSA) is 93.1 Å². The fraction of sp³-hybridized carbons (Fsp3) is 0.0588. The van der Waals surface area contributed by atoms with Gasteiger partial charge in [-0.3, -0.25) is 10.2 Å². The fourth-order valence-electron chi connectivity index (χ4n) is 2.30. The minimum absolute atomic E-state index is 0.0500. The molecule has 0 aliphatic heterocycles. The average molecular weight is 409 g/mol. The molecule has 0 fully saturated rings. The van der Waals surface area contributed by atoms with Gasteiger partial charge in [0, 0.05) is 18.8 Å². The molecule has 2 N–H and O–H groups in total. The highest BCUT2D eigenvalue weighted by Gasteiger charge is 2.20. The summed E-state index contributed by atoms with van der Waals surface area (Å²) in [6.45, 7) is 0. The molecule has 0 bridgehead atoms. The number of carbonyl (C=O) groups excluding carboxylic acids is 1. The van der Waals surface area contributed by atoms with Crippen LogP contribution in [0.25, 0.3) is 11.3 Å². The summed E-state index contributed by atoms with van der Waals surface area (Å²) in [5.41, 5.74) is 2.47. The van der Waals surface area contributed by atoms with Crippen molar-refractivity contribution in [3.8, 4) is 11.3 Å². The number of carbonyl (C=O) groups is 1. The molecule has 0 radical (unpaired) electrons. The molecule has 0 unspecified atom stereocenters. The summed E-state index contributed by atoms with van der Waals surface area (Å²) in [6.07, 6.45) is 3.21. The van der Waals surface area contributed by atoms with E-state index in [4.69, 9.17) is 11.6 Å². The van der Waals surface area contributed by atoms with Gasteiger partial charge in [-0.15, -0.1) is 4.83 Å². The summed E-state index contributed by atoms with van der Waals surface area (Å²) >= 11 is 5.88. The van der Waals surface area contributed by atoms with E-state index in [9.17, 15) is 17.6 Å². The van der Waals surface area contributed by atoms with E-state index in [1.165, 1.54) is 36.4 Å². The van der Waals surface area contributed by atoms with Gasteiger partial charge in [-0.25, -0.2) is 17.8 Å². The number of amides is 1. The second-order valence-electron chi connectivity index (χ2n) is 5.62. The summed E-state index contributed by atoms with van der Waals surface area (Å²) in [5, 5.41) is -0.283. The Hall–Kier alpha value is -2.75. The largest absolute Gasteiger partial charge is 0.340 e. The Kier molecular flexibility index (Phi) is 5.26. The highest BCUT2D eigenvalue weighted by atomic mass is 35.5. The van der Waals surface area contributed by atoms with E-state index in [0.29, 0.717) is 11.3 Å². The second kappa shape index (κ2) is 7.47. The Morgan fingerprint density at radius 2 is 1.93 bits per heavy atom. The van der Waals surface area contributed by atoms with E-state index in [-0.39, 0.29) is 9.92 Å². The molecule has 1 heterocycles. The lowest BCUT2D eigenvalue weighted by Gasteiger charge is -2.10. The summed E-state index contributed by atoms with van der Waals surface area (Å²) in [7, 11) is -2.24. The minimum Gasteiger partial charge on any atom is -0.340 e. The number of sulfonamides is 1. The molecule has 0 atom stereocenters. The Morgan fingerprint density at radius 3 is 2.56 bits per heavy atom. The van der Waals surface area contributed by atoms with E-state index in [2.05, 4.69) is 4.98 Å². The zero-order chi connectivity index (χ0) is 19.6. The molecule has 0 aliphatic rings. The maximum Gasteiger partial charge on any atom is 0.269 e. The predicted octanol–water partition coefficient (Wildman–Crippen LogP) is 2.50. The number of halogens is 2. The van der Waals surface area contributed by atoms with Gasteiger partial charge in [-0.2, -0.15) is 0 Å². The molecule has 1 amide bonds. The molecule has 0 saturated heterocycles. The van der Waals surface area contributed by atoms with E-state index < -0.39 is 27.3 Å². The van der Waals surface area contributed by atoms with Crippen LogP contribution in [0.5, 0.6) is 0 Å². The van der Waals surface area contributed by atoms with Crippen LogP contribution in [-0.4, -0.2) is 23.9 Å². The first-order chi connectivity index (χ1) is 12.8. The Morgan fingerprint density at radius 1 is 1.22 bits per heavy atom. The molecule has 140 valence electrons. The number of hydrazine groups is 1. The summed E-state index contributed by atoms with van der Waals surface area (Å²) in [5.74, 6) is -1.96. The number of rotatable bonds is 5. The molecule has 0 spiro atoms.